The van der Waals surface area contributed by atoms with Crippen LogP contribution in [-0.4, -0.2) is 51.9 Å². The first-order valence-corrected chi connectivity index (χ1v) is 7.83. The highest BCUT2D eigenvalue weighted by Gasteiger charge is 2.20. The van der Waals surface area contributed by atoms with Crippen molar-refractivity contribution in [3.05, 3.63) is 29.5 Å². The number of aromatic nitrogens is 2. The van der Waals surface area contributed by atoms with Crippen molar-refractivity contribution in [2.24, 2.45) is 0 Å². The molecule has 0 bridgehead atoms. The average Bonchev–Trinajstić information content (AvgIpc) is 3.05. The molecule has 3 rings (SSSR count). The van der Waals surface area contributed by atoms with Crippen molar-refractivity contribution in [3.8, 4) is 0 Å². The average molecular weight is 377 g/mol. The highest BCUT2D eigenvalue weighted by atomic mass is 35.5. The molecule has 1 fully saturated rings. The van der Waals surface area contributed by atoms with Gasteiger partial charge in [-0.1, -0.05) is 11.6 Å². The smallest absolute Gasteiger partial charge is 0.360 e. The lowest BCUT2D eigenvalue weighted by atomic mass is 10.2. The third-order valence-electron chi connectivity index (χ3n) is 3.46. The Morgan fingerprint density at radius 3 is 2.56 bits per heavy atom. The van der Waals surface area contributed by atoms with E-state index in [0.29, 0.717) is 10.8 Å². The molecule has 2 N–H and O–H groups in total. The van der Waals surface area contributed by atoms with Gasteiger partial charge in [0.05, 0.1) is 12.1 Å². The standard InChI is InChI=1S/C14H15ClN4O.CHF3O/c15-10-3-4-11-12(7-10)17-9-18-14(11)16-8-13(20)19-5-1-2-6-19;2-1(3,4)5/h3-4,7,9H,1-2,5-6,8H2,(H,16,17,18);5H. The molecule has 1 aliphatic rings. The van der Waals surface area contributed by atoms with Gasteiger partial charge in [-0.25, -0.2) is 9.97 Å². The number of hydrogen-bond donors (Lipinski definition) is 2. The summed E-state index contributed by atoms with van der Waals surface area (Å²) in [5, 5.41) is 11.1. The summed E-state index contributed by atoms with van der Waals surface area (Å²) < 4.78 is 29.7. The minimum Gasteiger partial charge on any atom is -0.360 e. The Morgan fingerprint density at radius 1 is 1.28 bits per heavy atom. The molecule has 0 spiro atoms. The molecule has 0 unspecified atom stereocenters. The maximum atomic E-state index is 12.0. The van der Waals surface area contributed by atoms with Crippen molar-refractivity contribution in [2.45, 2.75) is 19.2 Å². The zero-order valence-electron chi connectivity index (χ0n) is 13.1. The fourth-order valence-corrected chi connectivity index (χ4v) is 2.58. The predicted octanol–water partition coefficient (Wildman–Crippen LogP) is 2.82. The molecule has 0 saturated carbocycles. The maximum absolute atomic E-state index is 12.0. The van der Waals surface area contributed by atoms with Gasteiger partial charge in [-0.05, 0) is 31.0 Å². The highest BCUT2D eigenvalue weighted by molar-refractivity contribution is 6.31. The van der Waals surface area contributed by atoms with Crippen LogP contribution in [0.15, 0.2) is 24.5 Å². The van der Waals surface area contributed by atoms with Gasteiger partial charge in [-0.3, -0.25) is 4.79 Å². The van der Waals surface area contributed by atoms with E-state index in [9.17, 15) is 18.0 Å². The molecule has 25 heavy (non-hydrogen) atoms. The van der Waals surface area contributed by atoms with Gasteiger partial charge in [0, 0.05) is 23.5 Å². The number of halogens is 4. The van der Waals surface area contributed by atoms with E-state index in [4.69, 9.17) is 16.7 Å². The predicted molar refractivity (Wildman–Crippen MR) is 87.1 cm³/mol. The molecule has 10 heteroatoms. The van der Waals surface area contributed by atoms with Crippen LogP contribution in [0.2, 0.25) is 5.02 Å². The SMILES string of the molecule is O=C(CNc1ncnc2cc(Cl)ccc12)N1CCCC1.OC(F)(F)F. The Bertz CT molecular complexity index is 730. The van der Waals surface area contributed by atoms with Gasteiger partial charge in [-0.15, -0.1) is 13.2 Å². The number of carbonyl (C=O) groups excluding carboxylic acids is 1. The summed E-state index contributed by atoms with van der Waals surface area (Å²) in [5.74, 6) is 0.780. The quantitative estimate of drug-likeness (QED) is 0.861. The number of fused-ring (bicyclic) bond motifs is 1. The van der Waals surface area contributed by atoms with Crippen LogP contribution < -0.4 is 5.32 Å². The second-order valence-electron chi connectivity index (χ2n) is 5.29. The Balaban J connectivity index is 0.000000399. The fourth-order valence-electron chi connectivity index (χ4n) is 2.41. The van der Waals surface area contributed by atoms with Gasteiger partial charge in [0.1, 0.15) is 12.1 Å². The van der Waals surface area contributed by atoms with Crippen LogP contribution in [0.4, 0.5) is 19.0 Å². The molecule has 1 saturated heterocycles. The number of hydrogen-bond acceptors (Lipinski definition) is 5. The normalized spacial score (nSPS) is 14.2. The molecule has 1 amide bonds. The third kappa shape index (κ3) is 6.35. The number of alkyl halides is 3. The van der Waals surface area contributed by atoms with Crippen molar-refractivity contribution in [3.63, 3.8) is 0 Å². The number of likely N-dealkylation sites (tertiary alicyclic amines) is 1. The zero-order valence-corrected chi connectivity index (χ0v) is 13.8. The van der Waals surface area contributed by atoms with Crippen LogP contribution >= 0.6 is 11.6 Å². The minimum absolute atomic E-state index is 0.114. The number of nitrogens with one attached hydrogen (secondary N) is 1. The summed E-state index contributed by atoms with van der Waals surface area (Å²) in [4.78, 5) is 22.3. The first-order valence-electron chi connectivity index (χ1n) is 7.45. The van der Waals surface area contributed by atoms with Crippen LogP contribution in [0.25, 0.3) is 10.9 Å². The molecule has 0 atom stereocenters. The van der Waals surface area contributed by atoms with Gasteiger partial charge in [0.15, 0.2) is 0 Å². The van der Waals surface area contributed by atoms with E-state index in [1.807, 2.05) is 11.0 Å². The summed E-state index contributed by atoms with van der Waals surface area (Å²) >= 11 is 5.94. The summed E-state index contributed by atoms with van der Waals surface area (Å²) in [6, 6.07) is 5.44. The van der Waals surface area contributed by atoms with Crippen molar-refractivity contribution in [2.75, 3.05) is 25.0 Å². The van der Waals surface area contributed by atoms with Gasteiger partial charge in [0.2, 0.25) is 5.91 Å². The van der Waals surface area contributed by atoms with Gasteiger partial charge in [-0.2, -0.15) is 0 Å². The lowest BCUT2D eigenvalue weighted by Gasteiger charge is -2.16. The maximum Gasteiger partial charge on any atom is 0.519 e. The summed E-state index contributed by atoms with van der Waals surface area (Å²) in [6.07, 6.45) is -1.33. The Labute approximate surface area is 146 Å². The van der Waals surface area contributed by atoms with E-state index < -0.39 is 6.36 Å². The molecular weight excluding hydrogens is 361 g/mol. The van der Waals surface area contributed by atoms with Gasteiger partial charge >= 0.3 is 6.36 Å². The van der Waals surface area contributed by atoms with Crippen LogP contribution in [0.5, 0.6) is 0 Å². The van der Waals surface area contributed by atoms with Gasteiger partial charge in [0.25, 0.3) is 0 Å². The van der Waals surface area contributed by atoms with Crippen molar-refractivity contribution >= 4 is 34.2 Å². The molecule has 0 aliphatic carbocycles. The number of amides is 1. The van der Waals surface area contributed by atoms with Crippen molar-refractivity contribution in [1.29, 1.82) is 0 Å². The van der Waals surface area contributed by atoms with E-state index in [1.54, 1.807) is 12.1 Å². The van der Waals surface area contributed by atoms with Crippen LogP contribution in [0.3, 0.4) is 0 Å². The number of nitrogens with zero attached hydrogens (tertiary/aromatic N) is 3. The Morgan fingerprint density at radius 2 is 1.92 bits per heavy atom. The summed E-state index contributed by atoms with van der Waals surface area (Å²) in [7, 11) is 0. The fraction of sp³-hybridized carbons (Fsp3) is 0.400. The monoisotopic (exact) mass is 376 g/mol. The Hall–Kier alpha value is -2.13. The van der Waals surface area contributed by atoms with Crippen LogP contribution in [0.1, 0.15) is 12.8 Å². The molecule has 1 aliphatic heterocycles. The second-order valence-corrected chi connectivity index (χ2v) is 5.73. The number of benzene rings is 1. The molecule has 6 nitrogen and oxygen atoms in total. The van der Waals surface area contributed by atoms with E-state index in [0.717, 1.165) is 36.8 Å². The number of anilines is 1. The van der Waals surface area contributed by atoms with E-state index >= 15 is 0 Å². The first kappa shape index (κ1) is 19.2. The molecule has 2 heterocycles. The van der Waals surface area contributed by atoms with Crippen molar-refractivity contribution < 1.29 is 23.1 Å². The molecule has 0 radical (unpaired) electrons. The molecule has 136 valence electrons. The lowest BCUT2D eigenvalue weighted by Crippen LogP contribution is -2.33. The molecule has 1 aromatic carbocycles. The third-order valence-corrected chi connectivity index (χ3v) is 3.70. The van der Waals surface area contributed by atoms with E-state index in [-0.39, 0.29) is 12.5 Å². The van der Waals surface area contributed by atoms with Crippen molar-refractivity contribution in [1.82, 2.24) is 14.9 Å². The van der Waals surface area contributed by atoms with Gasteiger partial charge < -0.3 is 15.3 Å². The first-order chi connectivity index (χ1) is 11.7. The second kappa shape index (κ2) is 8.30. The number of carbonyl (C=O) groups is 1. The topological polar surface area (TPSA) is 78.4 Å². The largest absolute Gasteiger partial charge is 0.519 e. The zero-order chi connectivity index (χ0) is 18.4. The van der Waals surface area contributed by atoms with E-state index in [1.165, 1.54) is 6.33 Å². The number of rotatable bonds is 3. The summed E-state index contributed by atoms with van der Waals surface area (Å²) in [5.41, 5.74) is 0.767. The van der Waals surface area contributed by atoms with Crippen LogP contribution in [-0.2, 0) is 4.79 Å². The minimum atomic E-state index is -5.00. The van der Waals surface area contributed by atoms with Crippen LogP contribution in [0, 0.1) is 0 Å². The lowest BCUT2D eigenvalue weighted by molar-refractivity contribution is -0.295. The summed E-state index contributed by atoms with van der Waals surface area (Å²) in [6.45, 7) is 1.98. The molecule has 2 aromatic rings. The number of aliphatic hydroxyl groups is 1. The highest BCUT2D eigenvalue weighted by Crippen LogP contribution is 2.22. The molecule has 1 aromatic heterocycles. The van der Waals surface area contributed by atoms with E-state index in [2.05, 4.69) is 15.3 Å². The Kier molecular flexibility index (Phi) is 6.38. The molecular formula is C15H16ClF3N4O2.